The molecule has 0 amide bonds. The van der Waals surface area contributed by atoms with Crippen molar-refractivity contribution in [3.63, 3.8) is 0 Å². The number of ether oxygens (including phenoxy) is 1. The highest BCUT2D eigenvalue weighted by molar-refractivity contribution is 5.79. The Morgan fingerprint density at radius 1 is 1.44 bits per heavy atom. The van der Waals surface area contributed by atoms with Crippen LogP contribution in [0.3, 0.4) is 0 Å². The number of rotatable bonds is 6. The molecule has 0 aromatic heterocycles. The molecule has 1 heterocycles. The molecular weight excluding hydrogens is 228 g/mol. The van der Waals surface area contributed by atoms with Gasteiger partial charge in [0.25, 0.3) is 0 Å². The minimum atomic E-state index is -0.834. The van der Waals surface area contributed by atoms with E-state index >= 15 is 0 Å². The highest BCUT2D eigenvalue weighted by atomic mass is 16.5. The van der Waals surface area contributed by atoms with Gasteiger partial charge in [0.2, 0.25) is 0 Å². The lowest BCUT2D eigenvalue weighted by Gasteiger charge is -2.22. The molecule has 0 aromatic rings. The Morgan fingerprint density at radius 3 is 2.61 bits per heavy atom. The summed E-state index contributed by atoms with van der Waals surface area (Å²) >= 11 is 0. The molecule has 106 valence electrons. The predicted octanol–water partition coefficient (Wildman–Crippen LogP) is 1.78. The van der Waals surface area contributed by atoms with Crippen molar-refractivity contribution >= 4 is 5.97 Å². The van der Waals surface area contributed by atoms with Crippen molar-refractivity contribution in [2.24, 2.45) is 11.1 Å². The third kappa shape index (κ3) is 4.58. The molecule has 1 aliphatic heterocycles. The fourth-order valence-corrected chi connectivity index (χ4v) is 2.58. The Labute approximate surface area is 111 Å². The first-order valence-corrected chi connectivity index (χ1v) is 6.86. The van der Waals surface area contributed by atoms with E-state index in [2.05, 4.69) is 18.7 Å². The average molecular weight is 256 g/mol. The average Bonchev–Trinajstić information content (AvgIpc) is 2.63. The van der Waals surface area contributed by atoms with Gasteiger partial charge >= 0.3 is 5.97 Å². The fourth-order valence-electron chi connectivity index (χ4n) is 2.58. The van der Waals surface area contributed by atoms with Crippen LogP contribution in [-0.2, 0) is 9.53 Å². The molecule has 1 atom stereocenters. The van der Waals surface area contributed by atoms with Crippen LogP contribution in [0.1, 0.15) is 46.5 Å². The van der Waals surface area contributed by atoms with E-state index in [-0.39, 0.29) is 5.97 Å². The largest absolute Gasteiger partial charge is 0.468 e. The topological polar surface area (TPSA) is 55.6 Å². The molecule has 1 aliphatic rings. The number of esters is 1. The van der Waals surface area contributed by atoms with Crippen molar-refractivity contribution in [1.82, 2.24) is 4.90 Å². The highest BCUT2D eigenvalue weighted by Crippen LogP contribution is 2.28. The van der Waals surface area contributed by atoms with E-state index in [1.165, 1.54) is 26.6 Å². The summed E-state index contributed by atoms with van der Waals surface area (Å²) in [4.78, 5) is 13.9. The van der Waals surface area contributed by atoms with Gasteiger partial charge in [0.15, 0.2) is 0 Å². The van der Waals surface area contributed by atoms with Crippen LogP contribution in [0.4, 0.5) is 0 Å². The van der Waals surface area contributed by atoms with E-state index in [0.717, 1.165) is 19.4 Å². The van der Waals surface area contributed by atoms with Crippen molar-refractivity contribution in [1.29, 1.82) is 0 Å². The second kappa shape index (κ2) is 6.02. The van der Waals surface area contributed by atoms with Crippen LogP contribution in [0, 0.1) is 5.41 Å². The van der Waals surface area contributed by atoms with E-state index in [4.69, 9.17) is 10.5 Å². The first kappa shape index (κ1) is 15.4. The van der Waals surface area contributed by atoms with Gasteiger partial charge in [-0.05, 0) is 51.1 Å². The number of nitrogens with zero attached hydrogens (tertiary/aromatic N) is 1. The van der Waals surface area contributed by atoms with Gasteiger partial charge in [-0.25, -0.2) is 0 Å². The summed E-state index contributed by atoms with van der Waals surface area (Å²) in [6.45, 7) is 9.88. The maximum Gasteiger partial charge on any atom is 0.325 e. The first-order chi connectivity index (χ1) is 8.27. The standard InChI is InChI=1S/C14H28N2O2/c1-13(2)8-10-16(11-13)9-6-5-7-14(3,15)12(17)18-4/h5-11,15H2,1-4H3. The van der Waals surface area contributed by atoms with E-state index in [1.807, 2.05) is 0 Å². The van der Waals surface area contributed by atoms with Crippen molar-refractivity contribution in [3.8, 4) is 0 Å². The molecular formula is C14H28N2O2. The van der Waals surface area contributed by atoms with Crippen molar-refractivity contribution in [2.45, 2.75) is 52.0 Å². The molecule has 0 spiro atoms. The van der Waals surface area contributed by atoms with Crippen LogP contribution in [0.2, 0.25) is 0 Å². The molecule has 2 N–H and O–H groups in total. The number of hydrogen-bond donors (Lipinski definition) is 1. The van der Waals surface area contributed by atoms with Gasteiger partial charge in [-0.2, -0.15) is 0 Å². The Hall–Kier alpha value is -0.610. The van der Waals surface area contributed by atoms with Crippen LogP contribution < -0.4 is 5.73 Å². The Balaban J connectivity index is 2.18. The third-order valence-electron chi connectivity index (χ3n) is 3.83. The van der Waals surface area contributed by atoms with Gasteiger partial charge in [-0.15, -0.1) is 0 Å². The van der Waals surface area contributed by atoms with Gasteiger partial charge in [-0.3, -0.25) is 4.79 Å². The second-order valence-corrected chi connectivity index (χ2v) is 6.56. The van der Waals surface area contributed by atoms with E-state index in [9.17, 15) is 4.79 Å². The second-order valence-electron chi connectivity index (χ2n) is 6.56. The molecule has 0 saturated carbocycles. The van der Waals surface area contributed by atoms with Crippen molar-refractivity contribution < 1.29 is 9.53 Å². The minimum Gasteiger partial charge on any atom is -0.468 e. The van der Waals surface area contributed by atoms with E-state index < -0.39 is 5.54 Å². The third-order valence-corrected chi connectivity index (χ3v) is 3.83. The van der Waals surface area contributed by atoms with E-state index in [0.29, 0.717) is 11.8 Å². The first-order valence-electron chi connectivity index (χ1n) is 6.86. The highest BCUT2D eigenvalue weighted by Gasteiger charge is 2.30. The number of hydrogen-bond acceptors (Lipinski definition) is 4. The Morgan fingerprint density at radius 2 is 2.11 bits per heavy atom. The zero-order valence-corrected chi connectivity index (χ0v) is 12.3. The molecule has 1 rings (SSSR count). The molecule has 1 saturated heterocycles. The zero-order chi connectivity index (χ0) is 13.8. The number of nitrogens with two attached hydrogens (primary N) is 1. The normalized spacial score (nSPS) is 22.7. The van der Waals surface area contributed by atoms with Crippen molar-refractivity contribution in [3.05, 3.63) is 0 Å². The van der Waals surface area contributed by atoms with Crippen LogP contribution >= 0.6 is 0 Å². The summed E-state index contributed by atoms with van der Waals surface area (Å²) < 4.78 is 4.70. The summed E-state index contributed by atoms with van der Waals surface area (Å²) in [6, 6.07) is 0. The molecule has 0 aromatic carbocycles. The molecule has 4 heteroatoms. The summed E-state index contributed by atoms with van der Waals surface area (Å²) in [7, 11) is 1.39. The van der Waals surface area contributed by atoms with Crippen LogP contribution in [-0.4, -0.2) is 43.2 Å². The van der Waals surface area contributed by atoms with Crippen LogP contribution in [0.15, 0.2) is 0 Å². The zero-order valence-electron chi connectivity index (χ0n) is 12.3. The number of unbranched alkanes of at least 4 members (excludes halogenated alkanes) is 1. The lowest BCUT2D eigenvalue weighted by atomic mass is 9.93. The van der Waals surface area contributed by atoms with Crippen molar-refractivity contribution in [2.75, 3.05) is 26.7 Å². The summed E-state index contributed by atoms with van der Waals surface area (Å²) in [5.41, 5.74) is 5.55. The maximum atomic E-state index is 11.4. The Kier molecular flexibility index (Phi) is 5.17. The molecule has 1 unspecified atom stereocenters. The maximum absolute atomic E-state index is 11.4. The smallest absolute Gasteiger partial charge is 0.325 e. The number of likely N-dealkylation sites (tertiary alicyclic amines) is 1. The van der Waals surface area contributed by atoms with Gasteiger partial charge < -0.3 is 15.4 Å². The van der Waals surface area contributed by atoms with Gasteiger partial charge in [0.1, 0.15) is 5.54 Å². The summed E-state index contributed by atoms with van der Waals surface area (Å²) in [6.07, 6.45) is 4.04. The van der Waals surface area contributed by atoms with Gasteiger partial charge in [0.05, 0.1) is 7.11 Å². The number of methoxy groups -OCH3 is 1. The number of carbonyl (C=O) groups is 1. The van der Waals surface area contributed by atoms with Gasteiger partial charge in [0, 0.05) is 6.54 Å². The molecule has 0 radical (unpaired) electrons. The molecule has 0 aliphatic carbocycles. The predicted molar refractivity (Wildman–Crippen MR) is 73.3 cm³/mol. The SMILES string of the molecule is COC(=O)C(C)(N)CCCCN1CCC(C)(C)C1. The fraction of sp³-hybridized carbons (Fsp3) is 0.929. The quantitative estimate of drug-likeness (QED) is 0.581. The monoisotopic (exact) mass is 256 g/mol. The molecule has 1 fully saturated rings. The Bertz CT molecular complexity index is 288. The number of carbonyl (C=O) groups excluding carboxylic acids is 1. The molecule has 4 nitrogen and oxygen atoms in total. The summed E-state index contributed by atoms with van der Waals surface area (Å²) in [5, 5.41) is 0. The lowest BCUT2D eigenvalue weighted by Crippen LogP contribution is -2.45. The minimum absolute atomic E-state index is 0.315. The van der Waals surface area contributed by atoms with Crippen LogP contribution in [0.5, 0.6) is 0 Å². The van der Waals surface area contributed by atoms with Gasteiger partial charge in [-0.1, -0.05) is 13.8 Å². The molecule has 0 bridgehead atoms. The molecule has 18 heavy (non-hydrogen) atoms. The van der Waals surface area contributed by atoms with Crippen LogP contribution in [0.25, 0.3) is 0 Å². The van der Waals surface area contributed by atoms with E-state index in [1.54, 1.807) is 6.92 Å². The lowest BCUT2D eigenvalue weighted by molar-refractivity contribution is -0.146. The summed E-state index contributed by atoms with van der Waals surface area (Å²) in [5.74, 6) is -0.315.